The molecule has 1 fully saturated rings. The first-order valence-corrected chi connectivity index (χ1v) is 7.59. The molecule has 2 N–H and O–H groups in total. The number of piperidine rings is 1. The zero-order valence-electron chi connectivity index (χ0n) is 12.2. The second-order valence-electron chi connectivity index (χ2n) is 5.72. The number of carboxylic acids is 1. The minimum absolute atomic E-state index is 0.337. The zero-order chi connectivity index (χ0) is 14.8. The molecule has 2 aromatic rings. The maximum absolute atomic E-state index is 11.3. The Labute approximate surface area is 124 Å². The summed E-state index contributed by atoms with van der Waals surface area (Å²) in [5.74, 6) is -0.210. The van der Waals surface area contributed by atoms with E-state index in [2.05, 4.69) is 27.1 Å². The molecule has 1 aliphatic heterocycles. The van der Waals surface area contributed by atoms with Crippen molar-refractivity contribution in [1.82, 2.24) is 14.9 Å². The summed E-state index contributed by atoms with van der Waals surface area (Å²) in [7, 11) is 0. The number of hydrogen-bond acceptors (Lipinski definition) is 3. The van der Waals surface area contributed by atoms with E-state index in [1.807, 2.05) is 13.0 Å². The third kappa shape index (κ3) is 2.65. The fourth-order valence-electron chi connectivity index (χ4n) is 3.43. The highest BCUT2D eigenvalue weighted by molar-refractivity contribution is 5.80. The van der Waals surface area contributed by atoms with Crippen LogP contribution in [0.1, 0.15) is 37.7 Å². The highest BCUT2D eigenvalue weighted by atomic mass is 16.4. The quantitative estimate of drug-likeness (QED) is 0.907. The van der Waals surface area contributed by atoms with Crippen LogP contribution in [0.25, 0.3) is 11.0 Å². The number of carboxylic acid groups (broad SMARTS) is 1. The van der Waals surface area contributed by atoms with Crippen LogP contribution in [0.3, 0.4) is 0 Å². The number of likely N-dealkylation sites (tertiary alicyclic amines) is 1. The van der Waals surface area contributed by atoms with Gasteiger partial charge in [-0.05, 0) is 56.0 Å². The molecule has 0 amide bonds. The van der Waals surface area contributed by atoms with Gasteiger partial charge >= 0.3 is 5.97 Å². The van der Waals surface area contributed by atoms with Crippen LogP contribution < -0.4 is 0 Å². The fourth-order valence-corrected chi connectivity index (χ4v) is 3.43. The van der Waals surface area contributed by atoms with E-state index in [1.165, 1.54) is 10.9 Å². The number of aromatic nitrogens is 2. The third-order valence-corrected chi connectivity index (χ3v) is 4.57. The van der Waals surface area contributed by atoms with Crippen LogP contribution >= 0.6 is 0 Å². The number of nitrogens with one attached hydrogen (secondary N) is 1. The van der Waals surface area contributed by atoms with E-state index < -0.39 is 5.97 Å². The molecule has 2 aromatic heterocycles. The number of pyridine rings is 1. The largest absolute Gasteiger partial charge is 0.480 e. The molecule has 3 rings (SSSR count). The number of H-pyrrole nitrogens is 1. The van der Waals surface area contributed by atoms with Gasteiger partial charge in [0.25, 0.3) is 0 Å². The lowest BCUT2D eigenvalue weighted by atomic mass is 9.89. The van der Waals surface area contributed by atoms with Crippen LogP contribution in [-0.4, -0.2) is 45.1 Å². The molecular formula is C16H21N3O2. The van der Waals surface area contributed by atoms with Gasteiger partial charge < -0.3 is 10.1 Å². The van der Waals surface area contributed by atoms with E-state index in [4.69, 9.17) is 0 Å². The minimum atomic E-state index is -0.702. The molecule has 0 radical (unpaired) electrons. The number of fused-ring (bicyclic) bond motifs is 1. The number of aromatic amines is 1. The van der Waals surface area contributed by atoms with Crippen molar-refractivity contribution in [3.05, 3.63) is 30.1 Å². The van der Waals surface area contributed by atoms with Crippen molar-refractivity contribution < 1.29 is 9.90 Å². The van der Waals surface area contributed by atoms with Gasteiger partial charge in [-0.15, -0.1) is 0 Å². The predicted molar refractivity (Wildman–Crippen MR) is 81.4 cm³/mol. The van der Waals surface area contributed by atoms with E-state index in [0.717, 1.165) is 31.6 Å². The summed E-state index contributed by atoms with van der Waals surface area (Å²) >= 11 is 0. The Bertz CT molecular complexity index is 629. The number of rotatable bonds is 4. The lowest BCUT2D eigenvalue weighted by Crippen LogP contribution is -2.44. The Morgan fingerprint density at radius 1 is 1.52 bits per heavy atom. The number of carbonyl (C=O) groups is 1. The second kappa shape index (κ2) is 5.85. The average Bonchev–Trinajstić information content (AvgIpc) is 2.92. The van der Waals surface area contributed by atoms with Crippen LogP contribution in [0.4, 0.5) is 0 Å². The first-order valence-electron chi connectivity index (χ1n) is 7.59. The lowest BCUT2D eigenvalue weighted by molar-refractivity contribution is -0.143. The van der Waals surface area contributed by atoms with Gasteiger partial charge in [-0.3, -0.25) is 9.69 Å². The molecule has 0 bridgehead atoms. The Balaban J connectivity index is 1.72. The number of aliphatic carboxylic acids is 1. The minimum Gasteiger partial charge on any atom is -0.480 e. The molecule has 1 aliphatic rings. The van der Waals surface area contributed by atoms with Crippen molar-refractivity contribution in [3.8, 4) is 0 Å². The van der Waals surface area contributed by atoms with Crippen LogP contribution in [0.2, 0.25) is 0 Å². The van der Waals surface area contributed by atoms with Crippen molar-refractivity contribution in [2.45, 2.75) is 38.1 Å². The Kier molecular flexibility index (Phi) is 3.92. The van der Waals surface area contributed by atoms with Gasteiger partial charge in [-0.25, -0.2) is 4.98 Å². The molecular weight excluding hydrogens is 266 g/mol. The monoisotopic (exact) mass is 287 g/mol. The second-order valence-corrected chi connectivity index (χ2v) is 5.72. The molecule has 0 aromatic carbocycles. The van der Waals surface area contributed by atoms with Gasteiger partial charge in [0.2, 0.25) is 0 Å². The molecule has 112 valence electrons. The summed E-state index contributed by atoms with van der Waals surface area (Å²) in [5.41, 5.74) is 2.26. The Morgan fingerprint density at radius 2 is 2.29 bits per heavy atom. The summed E-state index contributed by atoms with van der Waals surface area (Å²) in [5, 5.41) is 10.5. The van der Waals surface area contributed by atoms with Crippen molar-refractivity contribution in [2.24, 2.45) is 0 Å². The summed E-state index contributed by atoms with van der Waals surface area (Å²) in [4.78, 5) is 20.9. The van der Waals surface area contributed by atoms with Gasteiger partial charge in [0.05, 0.1) is 0 Å². The molecule has 1 atom stereocenters. The average molecular weight is 287 g/mol. The maximum Gasteiger partial charge on any atom is 0.320 e. The van der Waals surface area contributed by atoms with Gasteiger partial charge in [0.1, 0.15) is 11.7 Å². The van der Waals surface area contributed by atoms with E-state index in [-0.39, 0.29) is 6.04 Å². The molecule has 0 saturated carbocycles. The van der Waals surface area contributed by atoms with Crippen molar-refractivity contribution in [3.63, 3.8) is 0 Å². The molecule has 3 heterocycles. The molecule has 1 saturated heterocycles. The van der Waals surface area contributed by atoms with E-state index in [9.17, 15) is 9.90 Å². The van der Waals surface area contributed by atoms with Crippen LogP contribution in [0.15, 0.2) is 24.5 Å². The standard InChI is InChI=1S/C16H21N3O2/c1-2-14(16(20)21)19-8-5-11(6-9-19)13-10-18-15-12(13)4-3-7-17-15/h3-4,7,10-11,14H,2,5-6,8-9H2,1H3,(H,17,18)(H,20,21)/t14-/m1/s1. The Morgan fingerprint density at radius 3 is 2.95 bits per heavy atom. The maximum atomic E-state index is 11.3. The number of nitrogens with zero attached hydrogens (tertiary/aromatic N) is 2. The van der Waals surface area contributed by atoms with Crippen LogP contribution in [-0.2, 0) is 4.79 Å². The first-order chi connectivity index (χ1) is 10.2. The molecule has 0 aliphatic carbocycles. The van der Waals surface area contributed by atoms with Gasteiger partial charge in [-0.2, -0.15) is 0 Å². The normalized spacial score (nSPS) is 18.9. The van der Waals surface area contributed by atoms with Gasteiger partial charge in [-0.1, -0.05) is 6.92 Å². The molecule has 5 nitrogen and oxygen atoms in total. The van der Waals surface area contributed by atoms with Crippen LogP contribution in [0.5, 0.6) is 0 Å². The SMILES string of the molecule is CC[C@H](C(=O)O)N1CCC(c2c[nH]c3ncccc23)CC1. The van der Waals surface area contributed by atoms with Gasteiger partial charge in [0, 0.05) is 17.8 Å². The molecule has 5 heteroatoms. The lowest BCUT2D eigenvalue weighted by Gasteiger charge is -2.35. The highest BCUT2D eigenvalue weighted by Crippen LogP contribution is 2.33. The van der Waals surface area contributed by atoms with E-state index in [1.54, 1.807) is 6.20 Å². The third-order valence-electron chi connectivity index (χ3n) is 4.57. The van der Waals surface area contributed by atoms with Crippen molar-refractivity contribution in [2.75, 3.05) is 13.1 Å². The molecule has 21 heavy (non-hydrogen) atoms. The molecule has 0 unspecified atom stereocenters. The van der Waals surface area contributed by atoms with Gasteiger partial charge in [0.15, 0.2) is 0 Å². The van der Waals surface area contributed by atoms with E-state index >= 15 is 0 Å². The summed E-state index contributed by atoms with van der Waals surface area (Å²) in [6.45, 7) is 3.64. The smallest absolute Gasteiger partial charge is 0.320 e. The van der Waals surface area contributed by atoms with Crippen LogP contribution in [0, 0.1) is 0 Å². The first kappa shape index (κ1) is 14.1. The summed E-state index contributed by atoms with van der Waals surface area (Å²) in [6.07, 6.45) is 6.53. The summed E-state index contributed by atoms with van der Waals surface area (Å²) in [6, 6.07) is 3.73. The zero-order valence-corrected chi connectivity index (χ0v) is 12.2. The Hall–Kier alpha value is -1.88. The van der Waals surface area contributed by atoms with Crippen molar-refractivity contribution in [1.29, 1.82) is 0 Å². The van der Waals surface area contributed by atoms with E-state index in [0.29, 0.717) is 12.3 Å². The topological polar surface area (TPSA) is 69.2 Å². The van der Waals surface area contributed by atoms with Crippen molar-refractivity contribution >= 4 is 17.0 Å². The molecule has 0 spiro atoms. The summed E-state index contributed by atoms with van der Waals surface area (Å²) < 4.78 is 0. The highest BCUT2D eigenvalue weighted by Gasteiger charge is 2.29. The number of hydrogen-bond donors (Lipinski definition) is 2. The fraction of sp³-hybridized carbons (Fsp3) is 0.500. The predicted octanol–water partition coefficient (Wildman–Crippen LogP) is 2.61.